The quantitative estimate of drug-likeness (QED) is 0.577. The van der Waals surface area contributed by atoms with Crippen molar-refractivity contribution < 1.29 is 0 Å². The SMILES string of the molecule is C#CC(C)(C)N1CCCNCC1. The van der Waals surface area contributed by atoms with Gasteiger partial charge in [-0.1, -0.05) is 5.92 Å². The molecule has 2 heteroatoms. The van der Waals surface area contributed by atoms with E-state index >= 15 is 0 Å². The summed E-state index contributed by atoms with van der Waals surface area (Å²) in [5.41, 5.74) is -0.0774. The fraction of sp³-hybridized carbons (Fsp3) is 0.800. The summed E-state index contributed by atoms with van der Waals surface area (Å²) in [5.74, 6) is 2.84. The van der Waals surface area contributed by atoms with Gasteiger partial charge in [0, 0.05) is 19.6 Å². The molecule has 0 aromatic carbocycles. The highest BCUT2D eigenvalue weighted by atomic mass is 15.2. The Balaban J connectivity index is 2.55. The van der Waals surface area contributed by atoms with E-state index in [1.165, 1.54) is 6.42 Å². The summed E-state index contributed by atoms with van der Waals surface area (Å²) in [6.45, 7) is 8.58. The van der Waals surface area contributed by atoms with E-state index in [-0.39, 0.29) is 5.54 Å². The Morgan fingerprint density at radius 1 is 1.33 bits per heavy atom. The van der Waals surface area contributed by atoms with E-state index in [2.05, 4.69) is 30.0 Å². The number of rotatable bonds is 1. The molecule has 1 N–H and O–H groups in total. The van der Waals surface area contributed by atoms with E-state index < -0.39 is 0 Å². The summed E-state index contributed by atoms with van der Waals surface area (Å²) < 4.78 is 0. The molecule has 0 amide bonds. The average molecular weight is 166 g/mol. The van der Waals surface area contributed by atoms with E-state index in [0.29, 0.717) is 0 Å². The zero-order chi connectivity index (χ0) is 9.03. The first-order valence-electron chi connectivity index (χ1n) is 4.60. The van der Waals surface area contributed by atoms with Gasteiger partial charge in [0.2, 0.25) is 0 Å². The van der Waals surface area contributed by atoms with E-state index in [4.69, 9.17) is 6.42 Å². The van der Waals surface area contributed by atoms with Crippen LogP contribution in [-0.2, 0) is 0 Å². The fourth-order valence-electron chi connectivity index (χ4n) is 1.50. The summed E-state index contributed by atoms with van der Waals surface area (Å²) in [5, 5.41) is 3.36. The van der Waals surface area contributed by atoms with Crippen LogP contribution in [0.15, 0.2) is 0 Å². The Hall–Kier alpha value is -0.520. The van der Waals surface area contributed by atoms with Crippen LogP contribution in [0.25, 0.3) is 0 Å². The first-order valence-corrected chi connectivity index (χ1v) is 4.60. The molecule has 0 saturated carbocycles. The smallest absolute Gasteiger partial charge is 0.0766 e. The molecular weight excluding hydrogens is 148 g/mol. The maximum atomic E-state index is 5.48. The van der Waals surface area contributed by atoms with Gasteiger partial charge in [0.05, 0.1) is 5.54 Å². The van der Waals surface area contributed by atoms with Gasteiger partial charge in [-0.25, -0.2) is 0 Å². The lowest BCUT2D eigenvalue weighted by Gasteiger charge is -2.33. The van der Waals surface area contributed by atoms with E-state index in [1.807, 2.05) is 0 Å². The van der Waals surface area contributed by atoms with Gasteiger partial charge in [-0.05, 0) is 26.8 Å². The second-order valence-electron chi connectivity index (χ2n) is 3.79. The van der Waals surface area contributed by atoms with Gasteiger partial charge in [0.1, 0.15) is 0 Å². The van der Waals surface area contributed by atoms with Crippen molar-refractivity contribution in [2.45, 2.75) is 25.8 Å². The number of hydrogen-bond acceptors (Lipinski definition) is 2. The van der Waals surface area contributed by atoms with Crippen LogP contribution in [0.2, 0.25) is 0 Å². The molecule has 1 saturated heterocycles. The minimum atomic E-state index is -0.0774. The van der Waals surface area contributed by atoms with Crippen LogP contribution in [0.3, 0.4) is 0 Å². The number of nitrogens with one attached hydrogen (secondary N) is 1. The predicted octanol–water partition coefficient (Wildman–Crippen LogP) is 0.694. The molecule has 0 radical (unpaired) electrons. The van der Waals surface area contributed by atoms with Crippen LogP contribution in [0.5, 0.6) is 0 Å². The molecule has 0 bridgehead atoms. The zero-order valence-corrected chi connectivity index (χ0v) is 8.06. The monoisotopic (exact) mass is 166 g/mol. The summed E-state index contributed by atoms with van der Waals surface area (Å²) in [6.07, 6.45) is 6.68. The molecule has 0 atom stereocenters. The van der Waals surface area contributed by atoms with Crippen molar-refractivity contribution in [1.82, 2.24) is 10.2 Å². The topological polar surface area (TPSA) is 15.3 Å². The van der Waals surface area contributed by atoms with Crippen molar-refractivity contribution in [2.75, 3.05) is 26.2 Å². The molecule has 1 fully saturated rings. The minimum Gasteiger partial charge on any atom is -0.315 e. The normalized spacial score (nSPS) is 21.4. The van der Waals surface area contributed by atoms with Gasteiger partial charge < -0.3 is 5.32 Å². The van der Waals surface area contributed by atoms with Crippen molar-refractivity contribution in [3.8, 4) is 12.3 Å². The molecule has 1 aliphatic heterocycles. The van der Waals surface area contributed by atoms with Gasteiger partial charge in [-0.15, -0.1) is 6.42 Å². The first-order chi connectivity index (χ1) is 5.67. The van der Waals surface area contributed by atoms with Crippen molar-refractivity contribution in [3.63, 3.8) is 0 Å². The highest BCUT2D eigenvalue weighted by Crippen LogP contribution is 2.13. The Labute approximate surface area is 75.3 Å². The van der Waals surface area contributed by atoms with E-state index in [1.54, 1.807) is 0 Å². The molecule has 1 heterocycles. The van der Waals surface area contributed by atoms with Crippen LogP contribution >= 0.6 is 0 Å². The number of terminal acetylenes is 1. The van der Waals surface area contributed by atoms with Gasteiger partial charge in [-0.3, -0.25) is 4.90 Å². The second-order valence-corrected chi connectivity index (χ2v) is 3.79. The maximum absolute atomic E-state index is 5.48. The first kappa shape index (κ1) is 9.57. The molecule has 0 unspecified atom stereocenters. The molecule has 0 spiro atoms. The molecule has 68 valence electrons. The number of hydrogen-bond donors (Lipinski definition) is 1. The van der Waals surface area contributed by atoms with Crippen molar-refractivity contribution in [1.29, 1.82) is 0 Å². The van der Waals surface area contributed by atoms with Crippen molar-refractivity contribution >= 4 is 0 Å². The summed E-state index contributed by atoms with van der Waals surface area (Å²) in [7, 11) is 0. The van der Waals surface area contributed by atoms with Gasteiger partial charge in [-0.2, -0.15) is 0 Å². The lowest BCUT2D eigenvalue weighted by molar-refractivity contribution is 0.182. The Morgan fingerprint density at radius 3 is 2.75 bits per heavy atom. The molecule has 12 heavy (non-hydrogen) atoms. The molecular formula is C10H18N2. The molecule has 0 aromatic rings. The maximum Gasteiger partial charge on any atom is 0.0766 e. The largest absolute Gasteiger partial charge is 0.315 e. The second kappa shape index (κ2) is 3.93. The van der Waals surface area contributed by atoms with E-state index in [9.17, 15) is 0 Å². The lowest BCUT2D eigenvalue weighted by Crippen LogP contribution is -2.44. The highest BCUT2D eigenvalue weighted by molar-refractivity contribution is 5.08. The Kier molecular flexibility index (Phi) is 3.13. The van der Waals surface area contributed by atoms with E-state index in [0.717, 1.165) is 26.2 Å². The summed E-state index contributed by atoms with van der Waals surface area (Å²) in [6, 6.07) is 0. The van der Waals surface area contributed by atoms with Gasteiger partial charge in [0.25, 0.3) is 0 Å². The van der Waals surface area contributed by atoms with Crippen molar-refractivity contribution in [2.24, 2.45) is 0 Å². The van der Waals surface area contributed by atoms with Gasteiger partial charge >= 0.3 is 0 Å². The third kappa shape index (κ3) is 2.23. The predicted molar refractivity (Wildman–Crippen MR) is 52.0 cm³/mol. The third-order valence-electron chi connectivity index (χ3n) is 2.48. The Morgan fingerprint density at radius 2 is 2.08 bits per heavy atom. The number of nitrogens with zero attached hydrogens (tertiary/aromatic N) is 1. The van der Waals surface area contributed by atoms with Gasteiger partial charge in [0.15, 0.2) is 0 Å². The standard InChI is InChI=1S/C10H18N2/c1-4-10(2,3)12-8-5-6-11-7-9-12/h1,11H,5-9H2,2-3H3. The summed E-state index contributed by atoms with van der Waals surface area (Å²) in [4.78, 5) is 2.37. The highest BCUT2D eigenvalue weighted by Gasteiger charge is 2.24. The molecule has 0 aliphatic carbocycles. The molecule has 1 aliphatic rings. The van der Waals surface area contributed by atoms with Crippen LogP contribution in [-0.4, -0.2) is 36.6 Å². The van der Waals surface area contributed by atoms with Crippen LogP contribution in [0.4, 0.5) is 0 Å². The third-order valence-corrected chi connectivity index (χ3v) is 2.48. The fourth-order valence-corrected chi connectivity index (χ4v) is 1.50. The average Bonchev–Trinajstić information content (AvgIpc) is 2.32. The molecule has 0 aromatic heterocycles. The summed E-state index contributed by atoms with van der Waals surface area (Å²) >= 11 is 0. The minimum absolute atomic E-state index is 0.0774. The van der Waals surface area contributed by atoms with Crippen molar-refractivity contribution in [3.05, 3.63) is 0 Å². The zero-order valence-electron chi connectivity index (χ0n) is 8.06. The molecule has 1 rings (SSSR count). The Bertz CT molecular complexity index is 171. The van der Waals surface area contributed by atoms with Crippen LogP contribution < -0.4 is 5.32 Å². The van der Waals surface area contributed by atoms with Crippen LogP contribution in [0, 0.1) is 12.3 Å². The lowest BCUT2D eigenvalue weighted by atomic mass is 10.0. The molecule has 2 nitrogen and oxygen atoms in total. The van der Waals surface area contributed by atoms with Crippen LogP contribution in [0.1, 0.15) is 20.3 Å².